The molecule has 0 bridgehead atoms. The molecule has 0 fully saturated rings. The van der Waals surface area contributed by atoms with E-state index in [0.717, 1.165) is 11.1 Å². The predicted octanol–water partition coefficient (Wildman–Crippen LogP) is 1.35. The van der Waals surface area contributed by atoms with Crippen molar-refractivity contribution in [3.63, 3.8) is 0 Å². The minimum absolute atomic E-state index is 0.0123. The van der Waals surface area contributed by atoms with Gasteiger partial charge in [-0.1, -0.05) is 6.07 Å². The molecule has 0 saturated heterocycles. The second-order valence-electron chi connectivity index (χ2n) is 5.38. The minimum Gasteiger partial charge on any atom is -0.331 e. The lowest BCUT2D eigenvalue weighted by Gasteiger charge is -2.40. The summed E-state index contributed by atoms with van der Waals surface area (Å²) in [5, 5.41) is 10.8. The van der Waals surface area contributed by atoms with Crippen molar-refractivity contribution in [2.24, 2.45) is 0 Å². The van der Waals surface area contributed by atoms with Crippen LogP contribution in [0.3, 0.4) is 0 Å². The highest BCUT2D eigenvalue weighted by molar-refractivity contribution is 5.77. The van der Waals surface area contributed by atoms with Gasteiger partial charge >= 0.3 is 0 Å². The molecule has 21 heavy (non-hydrogen) atoms. The van der Waals surface area contributed by atoms with Crippen molar-refractivity contribution in [3.8, 4) is 0 Å². The van der Waals surface area contributed by atoms with Gasteiger partial charge in [0.1, 0.15) is 18.7 Å². The first-order valence-corrected chi connectivity index (χ1v) is 6.86. The van der Waals surface area contributed by atoms with Gasteiger partial charge in [0.2, 0.25) is 5.91 Å². The lowest BCUT2D eigenvalue weighted by molar-refractivity contribution is -0.137. The van der Waals surface area contributed by atoms with Gasteiger partial charge < -0.3 is 4.90 Å². The Morgan fingerprint density at radius 3 is 2.95 bits per heavy atom. The summed E-state index contributed by atoms with van der Waals surface area (Å²) in [6.07, 6.45) is 2.07. The molecule has 0 spiro atoms. The smallest absolute Gasteiger partial charge is 0.245 e. The molecule has 1 aromatic heterocycles. The zero-order chi connectivity index (χ0) is 15.0. The molecule has 1 amide bonds. The number of benzene rings is 1. The number of nitrogens with zero attached hydrogens (tertiary/aromatic N) is 5. The van der Waals surface area contributed by atoms with Crippen LogP contribution >= 0.6 is 0 Å². The monoisotopic (exact) mass is 289 g/mol. The third-order valence-corrected chi connectivity index (χ3v) is 3.94. The van der Waals surface area contributed by atoms with Gasteiger partial charge in [-0.05, 0) is 54.0 Å². The molecule has 1 aliphatic rings. The number of tetrazole rings is 1. The number of halogens is 1. The van der Waals surface area contributed by atoms with Crippen molar-refractivity contribution in [2.45, 2.75) is 38.9 Å². The molecule has 0 radical (unpaired) electrons. The summed E-state index contributed by atoms with van der Waals surface area (Å²) in [7, 11) is 0. The number of hydrogen-bond acceptors (Lipinski definition) is 4. The Hall–Kier alpha value is -2.31. The molecule has 110 valence electrons. The van der Waals surface area contributed by atoms with Gasteiger partial charge in [-0.25, -0.2) is 9.07 Å². The zero-order valence-electron chi connectivity index (χ0n) is 11.9. The van der Waals surface area contributed by atoms with Crippen molar-refractivity contribution in [3.05, 3.63) is 41.5 Å². The highest BCUT2D eigenvalue weighted by Gasteiger charge is 2.32. The summed E-state index contributed by atoms with van der Waals surface area (Å²) < 4.78 is 14.8. The molecule has 2 aromatic rings. The summed E-state index contributed by atoms with van der Waals surface area (Å²) >= 11 is 0. The van der Waals surface area contributed by atoms with E-state index >= 15 is 0 Å². The molecule has 3 rings (SSSR count). The Morgan fingerprint density at radius 2 is 2.24 bits per heavy atom. The first kappa shape index (κ1) is 13.7. The Kier molecular flexibility index (Phi) is 3.40. The summed E-state index contributed by atoms with van der Waals surface area (Å²) in [6.45, 7) is 4.05. The fourth-order valence-corrected chi connectivity index (χ4v) is 3.04. The maximum atomic E-state index is 13.4. The normalized spacial score (nSPS) is 21.2. The third-order valence-electron chi connectivity index (χ3n) is 3.94. The molecule has 2 atom stereocenters. The van der Waals surface area contributed by atoms with Crippen LogP contribution in [0.5, 0.6) is 0 Å². The standard InChI is InChI=1S/C14H16FN5O/c1-9-5-11-6-12(15)3-4-13(11)10(2)20(9)14(21)7-19-8-16-17-18-19/h3-4,6,8-10H,5,7H2,1-2H3. The Labute approximate surface area is 121 Å². The molecule has 2 heterocycles. The van der Waals surface area contributed by atoms with Crippen LogP contribution in [0.2, 0.25) is 0 Å². The van der Waals surface area contributed by atoms with Gasteiger partial charge in [0.15, 0.2) is 0 Å². The molecule has 0 N–H and O–H groups in total. The summed E-state index contributed by atoms with van der Waals surface area (Å²) in [5.41, 5.74) is 1.97. The number of hydrogen-bond donors (Lipinski definition) is 0. The van der Waals surface area contributed by atoms with Crippen molar-refractivity contribution < 1.29 is 9.18 Å². The zero-order valence-corrected chi connectivity index (χ0v) is 11.9. The molecule has 7 heteroatoms. The lowest BCUT2D eigenvalue weighted by Crippen LogP contribution is -2.46. The van der Waals surface area contributed by atoms with Gasteiger partial charge in [-0.3, -0.25) is 4.79 Å². The van der Waals surface area contributed by atoms with E-state index in [0.29, 0.717) is 6.42 Å². The molecule has 6 nitrogen and oxygen atoms in total. The van der Waals surface area contributed by atoms with Crippen LogP contribution in [0.25, 0.3) is 0 Å². The average molecular weight is 289 g/mol. The molecule has 1 aromatic carbocycles. The Morgan fingerprint density at radius 1 is 1.43 bits per heavy atom. The molecule has 0 saturated carbocycles. The van der Waals surface area contributed by atoms with Crippen LogP contribution < -0.4 is 0 Å². The minimum atomic E-state index is -0.235. The highest BCUT2D eigenvalue weighted by Crippen LogP contribution is 2.33. The quantitative estimate of drug-likeness (QED) is 0.837. The van der Waals surface area contributed by atoms with Crippen LogP contribution in [-0.2, 0) is 17.8 Å². The van der Waals surface area contributed by atoms with Crippen LogP contribution in [0.15, 0.2) is 24.5 Å². The summed E-state index contributed by atoms with van der Waals surface area (Å²) in [4.78, 5) is 14.3. The first-order chi connectivity index (χ1) is 10.1. The van der Waals surface area contributed by atoms with E-state index in [4.69, 9.17) is 0 Å². The lowest BCUT2D eigenvalue weighted by atomic mass is 9.89. The largest absolute Gasteiger partial charge is 0.331 e. The van der Waals surface area contributed by atoms with Gasteiger partial charge in [0, 0.05) is 6.04 Å². The van der Waals surface area contributed by atoms with Crippen molar-refractivity contribution in [1.82, 2.24) is 25.1 Å². The number of amides is 1. The van der Waals surface area contributed by atoms with Gasteiger partial charge in [0.05, 0.1) is 6.04 Å². The van der Waals surface area contributed by atoms with Crippen molar-refractivity contribution in [1.29, 1.82) is 0 Å². The van der Waals surface area contributed by atoms with E-state index in [2.05, 4.69) is 15.5 Å². The molecule has 1 aliphatic heterocycles. The summed E-state index contributed by atoms with van der Waals surface area (Å²) in [5.74, 6) is -0.279. The number of rotatable bonds is 2. The summed E-state index contributed by atoms with van der Waals surface area (Å²) in [6, 6.07) is 4.69. The van der Waals surface area contributed by atoms with Crippen LogP contribution in [0.4, 0.5) is 4.39 Å². The van der Waals surface area contributed by atoms with Gasteiger partial charge in [-0.2, -0.15) is 0 Å². The number of carbonyl (C=O) groups excluding carboxylic acids is 1. The van der Waals surface area contributed by atoms with Gasteiger partial charge in [0.25, 0.3) is 0 Å². The highest BCUT2D eigenvalue weighted by atomic mass is 19.1. The number of fused-ring (bicyclic) bond motifs is 1. The van der Waals surface area contributed by atoms with E-state index < -0.39 is 0 Å². The van der Waals surface area contributed by atoms with Crippen LogP contribution in [0, 0.1) is 5.82 Å². The van der Waals surface area contributed by atoms with E-state index in [1.807, 2.05) is 18.7 Å². The van der Waals surface area contributed by atoms with Crippen molar-refractivity contribution in [2.75, 3.05) is 0 Å². The fourth-order valence-electron chi connectivity index (χ4n) is 3.04. The number of aromatic nitrogens is 4. The van der Waals surface area contributed by atoms with Gasteiger partial charge in [-0.15, -0.1) is 5.10 Å². The molecule has 0 aliphatic carbocycles. The van der Waals surface area contributed by atoms with Crippen LogP contribution in [0.1, 0.15) is 31.0 Å². The SMILES string of the molecule is CC1Cc2cc(F)ccc2C(C)N1C(=O)Cn1cnnn1. The Bertz CT molecular complexity index is 657. The van der Waals surface area contributed by atoms with E-state index in [1.165, 1.54) is 17.1 Å². The van der Waals surface area contributed by atoms with Crippen LogP contribution in [-0.4, -0.2) is 37.1 Å². The van der Waals surface area contributed by atoms with Crippen molar-refractivity contribution >= 4 is 5.91 Å². The van der Waals surface area contributed by atoms with E-state index in [-0.39, 0.29) is 30.4 Å². The Balaban J connectivity index is 1.86. The number of carbonyl (C=O) groups is 1. The topological polar surface area (TPSA) is 63.9 Å². The predicted molar refractivity (Wildman–Crippen MR) is 72.6 cm³/mol. The van der Waals surface area contributed by atoms with E-state index in [9.17, 15) is 9.18 Å². The molecular formula is C14H16FN5O. The first-order valence-electron chi connectivity index (χ1n) is 6.86. The van der Waals surface area contributed by atoms with E-state index in [1.54, 1.807) is 12.1 Å². The second-order valence-corrected chi connectivity index (χ2v) is 5.38. The fraction of sp³-hybridized carbons (Fsp3) is 0.429. The third kappa shape index (κ3) is 2.51. The second kappa shape index (κ2) is 5.23. The maximum Gasteiger partial charge on any atom is 0.245 e. The molecular weight excluding hydrogens is 273 g/mol. The average Bonchev–Trinajstić information content (AvgIpc) is 2.90. The molecule has 2 unspecified atom stereocenters. The maximum absolute atomic E-state index is 13.4.